The van der Waals surface area contributed by atoms with Crippen molar-refractivity contribution in [3.8, 4) is 0 Å². The maximum absolute atomic E-state index is 13.1. The number of carbonyl (C=O) groups is 2. The van der Waals surface area contributed by atoms with Gasteiger partial charge < -0.3 is 9.80 Å². The Morgan fingerprint density at radius 1 is 1.07 bits per heavy atom. The Labute approximate surface area is 170 Å². The van der Waals surface area contributed by atoms with Crippen LogP contribution < -0.4 is 0 Å². The zero-order chi connectivity index (χ0) is 19.6. The van der Waals surface area contributed by atoms with Gasteiger partial charge >= 0.3 is 0 Å². The van der Waals surface area contributed by atoms with E-state index in [0.29, 0.717) is 19.6 Å². The van der Waals surface area contributed by atoms with Crippen LogP contribution in [0.4, 0.5) is 0 Å². The Morgan fingerprint density at radius 2 is 1.81 bits per heavy atom. The van der Waals surface area contributed by atoms with Gasteiger partial charge in [-0.25, -0.2) is 0 Å². The number of nitrogens with zero attached hydrogens (tertiary/aromatic N) is 2. The highest BCUT2D eigenvalue weighted by Crippen LogP contribution is 2.16. The van der Waals surface area contributed by atoms with Crippen molar-refractivity contribution in [1.29, 1.82) is 0 Å². The van der Waals surface area contributed by atoms with E-state index in [-0.39, 0.29) is 18.4 Å². The fourth-order valence-corrected chi connectivity index (χ4v) is 3.62. The summed E-state index contributed by atoms with van der Waals surface area (Å²) in [4.78, 5) is 30.0. The molecule has 1 unspecified atom stereocenters. The van der Waals surface area contributed by atoms with Crippen LogP contribution in [0.5, 0.6) is 0 Å². The topological polar surface area (TPSA) is 40.6 Å². The zero-order valence-electron chi connectivity index (χ0n) is 15.9. The van der Waals surface area contributed by atoms with Crippen molar-refractivity contribution in [2.75, 3.05) is 13.1 Å². The zero-order valence-corrected chi connectivity index (χ0v) is 17.5. The molecule has 27 heavy (non-hydrogen) atoms. The fraction of sp³-hybridized carbons (Fsp3) is 0.429. The van der Waals surface area contributed by atoms with Gasteiger partial charge in [-0.3, -0.25) is 9.59 Å². The largest absolute Gasteiger partial charge is 0.332 e. The van der Waals surface area contributed by atoms with E-state index in [4.69, 9.17) is 11.6 Å². The van der Waals surface area contributed by atoms with Gasteiger partial charge in [-0.1, -0.05) is 49.7 Å². The quantitative estimate of drug-likeness (QED) is 0.544. The van der Waals surface area contributed by atoms with Crippen molar-refractivity contribution in [1.82, 2.24) is 9.80 Å². The third-order valence-electron chi connectivity index (χ3n) is 4.26. The molecule has 2 amide bonds. The number of alkyl halides is 1. The highest BCUT2D eigenvalue weighted by molar-refractivity contribution is 7.09. The van der Waals surface area contributed by atoms with E-state index in [9.17, 15) is 9.59 Å². The van der Waals surface area contributed by atoms with Crippen LogP contribution >= 0.6 is 22.9 Å². The van der Waals surface area contributed by atoms with Crippen LogP contribution in [-0.2, 0) is 22.7 Å². The van der Waals surface area contributed by atoms with Crippen molar-refractivity contribution in [2.24, 2.45) is 0 Å². The smallest absolute Gasteiger partial charge is 0.242 e. The first-order valence-electron chi connectivity index (χ1n) is 9.28. The molecule has 4 nitrogen and oxygen atoms in total. The second-order valence-electron chi connectivity index (χ2n) is 6.54. The number of amides is 2. The average Bonchev–Trinajstić information content (AvgIpc) is 3.17. The summed E-state index contributed by atoms with van der Waals surface area (Å²) in [5.74, 6) is -0.247. The van der Waals surface area contributed by atoms with Crippen molar-refractivity contribution < 1.29 is 9.59 Å². The SMILES string of the molecule is CCCCN(CC(=O)N(Cc1ccccc1)Cc1cccs1)C(=O)C(C)Cl. The molecule has 0 aliphatic rings. The molecule has 2 aromatic rings. The van der Waals surface area contributed by atoms with Crippen molar-refractivity contribution in [3.63, 3.8) is 0 Å². The molecule has 0 bridgehead atoms. The predicted octanol–water partition coefficient (Wildman–Crippen LogP) is 4.53. The lowest BCUT2D eigenvalue weighted by Crippen LogP contribution is -2.44. The maximum Gasteiger partial charge on any atom is 0.242 e. The van der Waals surface area contributed by atoms with E-state index in [0.717, 1.165) is 23.3 Å². The minimum Gasteiger partial charge on any atom is -0.332 e. The summed E-state index contributed by atoms with van der Waals surface area (Å²) in [6, 6.07) is 13.9. The lowest BCUT2D eigenvalue weighted by molar-refractivity contribution is -0.141. The molecule has 2 rings (SSSR count). The van der Waals surface area contributed by atoms with Gasteiger partial charge in [0.25, 0.3) is 0 Å². The number of halogens is 1. The molecule has 0 aliphatic heterocycles. The van der Waals surface area contributed by atoms with Gasteiger partial charge in [0.15, 0.2) is 0 Å². The summed E-state index contributed by atoms with van der Waals surface area (Å²) in [5, 5.41) is 1.38. The molecule has 0 fully saturated rings. The van der Waals surface area contributed by atoms with E-state index < -0.39 is 5.38 Å². The van der Waals surface area contributed by atoms with Crippen molar-refractivity contribution >= 4 is 34.8 Å². The van der Waals surface area contributed by atoms with Crippen LogP contribution in [0.25, 0.3) is 0 Å². The Balaban J connectivity index is 2.13. The second kappa shape index (κ2) is 11.1. The Hall–Kier alpha value is -1.85. The van der Waals surface area contributed by atoms with Gasteiger partial charge in [-0.15, -0.1) is 22.9 Å². The van der Waals surface area contributed by atoms with Crippen LogP contribution in [0, 0.1) is 0 Å². The Bertz CT molecular complexity index is 704. The molecule has 1 atom stereocenters. The lowest BCUT2D eigenvalue weighted by atomic mass is 10.2. The molecule has 0 saturated carbocycles. The molecule has 0 radical (unpaired) electrons. The molecule has 1 aromatic carbocycles. The fourth-order valence-electron chi connectivity index (χ4n) is 2.76. The first kappa shape index (κ1) is 21.5. The van der Waals surface area contributed by atoms with Crippen LogP contribution in [-0.4, -0.2) is 40.1 Å². The lowest BCUT2D eigenvalue weighted by Gasteiger charge is -2.28. The number of benzene rings is 1. The monoisotopic (exact) mass is 406 g/mol. The van der Waals surface area contributed by atoms with Gasteiger partial charge in [0.2, 0.25) is 11.8 Å². The molecular formula is C21H27ClN2O2S. The van der Waals surface area contributed by atoms with E-state index in [1.54, 1.807) is 23.2 Å². The predicted molar refractivity (Wildman–Crippen MR) is 112 cm³/mol. The number of unbranched alkanes of at least 4 members (excludes halogenated alkanes) is 1. The number of hydrogen-bond donors (Lipinski definition) is 0. The normalized spacial score (nSPS) is 11.8. The van der Waals surface area contributed by atoms with E-state index in [1.807, 2.05) is 52.7 Å². The summed E-state index contributed by atoms with van der Waals surface area (Å²) >= 11 is 7.62. The summed E-state index contributed by atoms with van der Waals surface area (Å²) in [6.45, 7) is 5.39. The van der Waals surface area contributed by atoms with Crippen LogP contribution in [0.2, 0.25) is 0 Å². The summed E-state index contributed by atoms with van der Waals surface area (Å²) in [7, 11) is 0. The van der Waals surface area contributed by atoms with Gasteiger partial charge in [0, 0.05) is 18.0 Å². The highest BCUT2D eigenvalue weighted by Gasteiger charge is 2.24. The summed E-state index contributed by atoms with van der Waals surface area (Å²) in [5.41, 5.74) is 1.07. The molecule has 0 aliphatic carbocycles. The average molecular weight is 407 g/mol. The van der Waals surface area contributed by atoms with Gasteiger partial charge in [-0.2, -0.15) is 0 Å². The third kappa shape index (κ3) is 7.00. The van der Waals surface area contributed by atoms with Crippen molar-refractivity contribution in [3.05, 3.63) is 58.3 Å². The molecular weight excluding hydrogens is 380 g/mol. The van der Waals surface area contributed by atoms with E-state index >= 15 is 0 Å². The summed E-state index contributed by atoms with van der Waals surface area (Å²) in [6.07, 6.45) is 1.81. The molecule has 0 spiro atoms. The number of carbonyl (C=O) groups excluding carboxylic acids is 2. The van der Waals surface area contributed by atoms with Crippen LogP contribution in [0.15, 0.2) is 47.8 Å². The second-order valence-corrected chi connectivity index (χ2v) is 8.23. The maximum atomic E-state index is 13.1. The minimum atomic E-state index is -0.630. The Morgan fingerprint density at radius 3 is 2.41 bits per heavy atom. The third-order valence-corrected chi connectivity index (χ3v) is 5.30. The number of thiophene rings is 1. The van der Waals surface area contributed by atoms with Crippen molar-refractivity contribution in [2.45, 2.75) is 45.2 Å². The molecule has 0 N–H and O–H groups in total. The van der Waals surface area contributed by atoms with Gasteiger partial charge in [0.1, 0.15) is 5.38 Å². The van der Waals surface area contributed by atoms with Crippen LogP contribution in [0.1, 0.15) is 37.1 Å². The van der Waals surface area contributed by atoms with Gasteiger partial charge in [0.05, 0.1) is 13.1 Å². The number of hydrogen-bond acceptors (Lipinski definition) is 3. The molecule has 1 heterocycles. The molecule has 146 valence electrons. The highest BCUT2D eigenvalue weighted by atomic mass is 35.5. The summed E-state index contributed by atoms with van der Waals surface area (Å²) < 4.78 is 0. The minimum absolute atomic E-state index is 0.0611. The standard InChI is InChI=1S/C21H27ClN2O2S/c1-3-4-12-23(21(26)17(2)22)16-20(25)24(15-19-11-8-13-27-19)14-18-9-6-5-7-10-18/h5-11,13,17H,3-4,12,14-16H2,1-2H3. The van der Waals surface area contributed by atoms with E-state index in [1.165, 1.54) is 0 Å². The molecule has 6 heteroatoms. The van der Waals surface area contributed by atoms with Crippen LogP contribution in [0.3, 0.4) is 0 Å². The molecule has 1 aromatic heterocycles. The number of rotatable bonds is 10. The molecule has 0 saturated heterocycles. The first-order chi connectivity index (χ1) is 13.0. The Kier molecular flexibility index (Phi) is 8.82. The van der Waals surface area contributed by atoms with E-state index in [2.05, 4.69) is 6.92 Å². The first-order valence-corrected chi connectivity index (χ1v) is 10.6. The van der Waals surface area contributed by atoms with Gasteiger partial charge in [-0.05, 0) is 30.4 Å².